The summed E-state index contributed by atoms with van der Waals surface area (Å²) in [5.41, 5.74) is 7.91. The Labute approximate surface area is 126 Å². The van der Waals surface area contributed by atoms with Crippen LogP contribution in [-0.4, -0.2) is 6.10 Å². The van der Waals surface area contributed by atoms with Crippen molar-refractivity contribution in [2.45, 2.75) is 58.3 Å². The van der Waals surface area contributed by atoms with Crippen molar-refractivity contribution in [2.75, 3.05) is 0 Å². The van der Waals surface area contributed by atoms with E-state index in [0.29, 0.717) is 25.2 Å². The second-order valence-electron chi connectivity index (χ2n) is 6.01. The van der Waals surface area contributed by atoms with Crippen LogP contribution in [0.15, 0.2) is 28.7 Å². The van der Waals surface area contributed by atoms with Crippen LogP contribution in [0.1, 0.15) is 50.4 Å². The molecule has 1 heterocycles. The molecule has 2 unspecified atom stereocenters. The number of benzene rings is 1. The van der Waals surface area contributed by atoms with Gasteiger partial charge in [0.15, 0.2) is 0 Å². The van der Waals surface area contributed by atoms with Crippen molar-refractivity contribution < 1.29 is 9.15 Å². The molecule has 0 amide bonds. The van der Waals surface area contributed by atoms with Crippen LogP contribution in [0.5, 0.6) is 0 Å². The van der Waals surface area contributed by atoms with Gasteiger partial charge in [0, 0.05) is 17.5 Å². The van der Waals surface area contributed by atoms with E-state index in [9.17, 15) is 0 Å². The Hall–Kier alpha value is -1.32. The van der Waals surface area contributed by atoms with Crippen LogP contribution in [0.2, 0.25) is 0 Å². The minimum Gasteiger partial charge on any atom is -0.458 e. The van der Waals surface area contributed by atoms with Gasteiger partial charge in [-0.25, -0.2) is 0 Å². The normalized spacial score (nSPS) is 22.8. The first-order valence-electron chi connectivity index (χ1n) is 8.14. The van der Waals surface area contributed by atoms with Crippen molar-refractivity contribution in [3.63, 3.8) is 0 Å². The molecule has 0 radical (unpaired) electrons. The number of ether oxygens (including phenoxy) is 1. The lowest BCUT2D eigenvalue weighted by molar-refractivity contribution is -0.0282. The second-order valence-corrected chi connectivity index (χ2v) is 6.01. The predicted molar refractivity (Wildman–Crippen MR) is 84.9 cm³/mol. The van der Waals surface area contributed by atoms with Crippen molar-refractivity contribution in [3.05, 3.63) is 35.6 Å². The zero-order valence-electron chi connectivity index (χ0n) is 12.8. The van der Waals surface area contributed by atoms with Crippen molar-refractivity contribution in [1.82, 2.24) is 0 Å². The van der Waals surface area contributed by atoms with Gasteiger partial charge in [-0.15, -0.1) is 0 Å². The quantitative estimate of drug-likeness (QED) is 0.888. The van der Waals surface area contributed by atoms with Crippen LogP contribution in [0.3, 0.4) is 0 Å². The molecule has 3 nitrogen and oxygen atoms in total. The summed E-state index contributed by atoms with van der Waals surface area (Å²) in [6.45, 7) is 3.30. The van der Waals surface area contributed by atoms with Crippen LogP contribution < -0.4 is 5.73 Å². The molecular formula is C18H25NO2. The molecule has 0 saturated heterocycles. The van der Waals surface area contributed by atoms with Crippen molar-refractivity contribution in [3.8, 4) is 0 Å². The Kier molecular flexibility index (Phi) is 4.61. The topological polar surface area (TPSA) is 48.4 Å². The van der Waals surface area contributed by atoms with Gasteiger partial charge in [-0.1, -0.05) is 44.4 Å². The zero-order chi connectivity index (χ0) is 14.7. The van der Waals surface area contributed by atoms with Gasteiger partial charge in [0.2, 0.25) is 0 Å². The van der Waals surface area contributed by atoms with E-state index >= 15 is 0 Å². The van der Waals surface area contributed by atoms with E-state index in [1.165, 1.54) is 32.1 Å². The molecule has 1 saturated carbocycles. The number of hydrogen-bond acceptors (Lipinski definition) is 3. The highest BCUT2D eigenvalue weighted by atomic mass is 16.5. The van der Waals surface area contributed by atoms with E-state index in [2.05, 4.69) is 13.0 Å². The minimum absolute atomic E-state index is 0.377. The number of fused-ring (bicyclic) bond motifs is 1. The third-order valence-corrected chi connectivity index (χ3v) is 4.78. The van der Waals surface area contributed by atoms with Crippen LogP contribution in [-0.2, 0) is 17.9 Å². The van der Waals surface area contributed by atoms with E-state index in [4.69, 9.17) is 14.9 Å². The fourth-order valence-electron chi connectivity index (χ4n) is 3.53. The predicted octanol–water partition coefficient (Wildman–Crippen LogP) is 4.38. The molecule has 1 aromatic carbocycles. The lowest BCUT2D eigenvalue weighted by Gasteiger charge is -2.30. The third kappa shape index (κ3) is 2.99. The minimum atomic E-state index is 0.377. The molecule has 2 aromatic rings. The summed E-state index contributed by atoms with van der Waals surface area (Å²) in [4.78, 5) is 0. The van der Waals surface area contributed by atoms with Gasteiger partial charge >= 0.3 is 0 Å². The largest absolute Gasteiger partial charge is 0.458 e. The monoisotopic (exact) mass is 287 g/mol. The molecule has 0 spiro atoms. The molecule has 21 heavy (non-hydrogen) atoms. The number of furan rings is 1. The van der Waals surface area contributed by atoms with Gasteiger partial charge < -0.3 is 14.9 Å². The van der Waals surface area contributed by atoms with Gasteiger partial charge in [0.25, 0.3) is 0 Å². The maximum atomic E-state index is 6.20. The van der Waals surface area contributed by atoms with E-state index in [1.807, 2.05) is 18.2 Å². The summed E-state index contributed by atoms with van der Waals surface area (Å²) in [6, 6.07) is 8.08. The molecular weight excluding hydrogens is 262 g/mol. The average Bonchev–Trinajstić information content (AvgIpc) is 2.90. The van der Waals surface area contributed by atoms with Crippen LogP contribution in [0, 0.1) is 5.92 Å². The first-order valence-corrected chi connectivity index (χ1v) is 8.14. The van der Waals surface area contributed by atoms with E-state index in [-0.39, 0.29) is 0 Å². The van der Waals surface area contributed by atoms with Crippen molar-refractivity contribution >= 4 is 11.0 Å². The average molecular weight is 287 g/mol. The maximum absolute atomic E-state index is 6.20. The Morgan fingerprint density at radius 3 is 2.86 bits per heavy atom. The summed E-state index contributed by atoms with van der Waals surface area (Å²) in [7, 11) is 0. The Morgan fingerprint density at radius 2 is 2.05 bits per heavy atom. The van der Waals surface area contributed by atoms with Crippen LogP contribution in [0.25, 0.3) is 11.0 Å². The van der Waals surface area contributed by atoms with Crippen molar-refractivity contribution in [1.29, 1.82) is 0 Å². The van der Waals surface area contributed by atoms with Crippen LogP contribution >= 0.6 is 0 Å². The molecule has 1 fully saturated rings. The Bertz CT molecular complexity index is 590. The summed E-state index contributed by atoms with van der Waals surface area (Å²) in [5.74, 6) is 1.60. The van der Waals surface area contributed by atoms with E-state index in [0.717, 1.165) is 22.3 Å². The summed E-state index contributed by atoms with van der Waals surface area (Å²) < 4.78 is 12.1. The highest BCUT2D eigenvalue weighted by Gasteiger charge is 2.25. The van der Waals surface area contributed by atoms with Crippen molar-refractivity contribution in [2.24, 2.45) is 11.7 Å². The molecule has 0 bridgehead atoms. The number of nitrogens with two attached hydrogens (primary N) is 1. The highest BCUT2D eigenvalue weighted by molar-refractivity contribution is 5.82. The lowest BCUT2D eigenvalue weighted by Crippen LogP contribution is -2.27. The van der Waals surface area contributed by atoms with E-state index in [1.54, 1.807) is 0 Å². The molecule has 2 N–H and O–H groups in total. The van der Waals surface area contributed by atoms with Crippen LogP contribution in [0.4, 0.5) is 0 Å². The number of para-hydroxylation sites is 1. The molecule has 1 aliphatic rings. The fourth-order valence-corrected chi connectivity index (χ4v) is 3.53. The molecule has 1 aliphatic carbocycles. The number of rotatable bonds is 5. The molecule has 2 atom stereocenters. The summed E-state index contributed by atoms with van der Waals surface area (Å²) in [6.07, 6.45) is 6.68. The van der Waals surface area contributed by atoms with Gasteiger partial charge in [0.1, 0.15) is 18.0 Å². The lowest BCUT2D eigenvalue weighted by atomic mass is 9.85. The fraction of sp³-hybridized carbons (Fsp3) is 0.556. The second kappa shape index (κ2) is 6.63. The first-order chi connectivity index (χ1) is 10.3. The summed E-state index contributed by atoms with van der Waals surface area (Å²) >= 11 is 0. The number of hydrogen-bond donors (Lipinski definition) is 1. The zero-order valence-corrected chi connectivity index (χ0v) is 12.8. The first kappa shape index (κ1) is 14.6. The Morgan fingerprint density at radius 1 is 1.24 bits per heavy atom. The highest BCUT2D eigenvalue weighted by Crippen LogP contribution is 2.31. The Balaban J connectivity index is 1.75. The molecule has 3 heteroatoms. The van der Waals surface area contributed by atoms with Gasteiger partial charge in [-0.05, 0) is 24.8 Å². The SMILES string of the molecule is CCC1CCCCC1OCc1oc2ccccc2c1CN. The molecule has 3 rings (SSSR count). The summed E-state index contributed by atoms with van der Waals surface area (Å²) in [5, 5.41) is 1.12. The van der Waals surface area contributed by atoms with Gasteiger partial charge in [-0.2, -0.15) is 0 Å². The van der Waals surface area contributed by atoms with Gasteiger partial charge in [0.05, 0.1) is 6.10 Å². The molecule has 114 valence electrons. The molecule has 0 aliphatic heterocycles. The smallest absolute Gasteiger partial charge is 0.135 e. The third-order valence-electron chi connectivity index (χ3n) is 4.78. The molecule has 1 aromatic heterocycles. The standard InChI is InChI=1S/C18H25NO2/c1-2-13-7-3-5-9-16(13)20-12-18-15(11-19)14-8-4-6-10-17(14)21-18/h4,6,8,10,13,16H,2-3,5,7,9,11-12,19H2,1H3. The van der Waals surface area contributed by atoms with E-state index < -0.39 is 0 Å². The van der Waals surface area contributed by atoms with Gasteiger partial charge in [-0.3, -0.25) is 0 Å². The maximum Gasteiger partial charge on any atom is 0.135 e.